The van der Waals surface area contributed by atoms with Crippen LogP contribution in [-0.2, 0) is 6.42 Å². The summed E-state index contributed by atoms with van der Waals surface area (Å²) in [4.78, 5) is 20.8. The van der Waals surface area contributed by atoms with Gasteiger partial charge in [-0.3, -0.25) is 4.79 Å². The highest BCUT2D eigenvalue weighted by molar-refractivity contribution is 6.03. The van der Waals surface area contributed by atoms with Crippen molar-refractivity contribution in [1.29, 1.82) is 0 Å². The lowest BCUT2D eigenvalue weighted by molar-refractivity contribution is 0.102. The van der Waals surface area contributed by atoms with Crippen molar-refractivity contribution in [3.05, 3.63) is 77.2 Å². The molecule has 28 heavy (non-hydrogen) atoms. The number of hydrogen-bond donors (Lipinski definition) is 2. The van der Waals surface area contributed by atoms with Crippen molar-refractivity contribution in [2.24, 2.45) is 0 Å². The highest BCUT2D eigenvalue weighted by atomic mass is 16.5. The summed E-state index contributed by atoms with van der Waals surface area (Å²) < 4.78 is 5.16. The molecule has 1 heterocycles. The molecule has 2 N–H and O–H groups in total. The zero-order chi connectivity index (χ0) is 19.9. The van der Waals surface area contributed by atoms with Gasteiger partial charge in [-0.2, -0.15) is 0 Å². The van der Waals surface area contributed by atoms with Gasteiger partial charge in [0.05, 0.1) is 7.11 Å². The van der Waals surface area contributed by atoms with Crippen LogP contribution in [0.1, 0.15) is 27.2 Å². The van der Waals surface area contributed by atoms with Gasteiger partial charge in [0.2, 0.25) is 0 Å². The van der Waals surface area contributed by atoms with Gasteiger partial charge in [0.1, 0.15) is 23.6 Å². The molecule has 144 valence electrons. The number of anilines is 2. The lowest BCUT2D eigenvalue weighted by Crippen LogP contribution is -2.15. The normalized spacial score (nSPS) is 10.4. The quantitative estimate of drug-likeness (QED) is 0.652. The first-order chi connectivity index (χ1) is 13.5. The second kappa shape index (κ2) is 8.99. The standard InChI is InChI=1S/C22H24N4O2/c1-15-4-7-18(12-16(15)2)26-22(27)20-13-21(25-14-24-20)23-11-10-17-5-8-19(28-3)9-6-17/h4-9,12-14H,10-11H2,1-3H3,(H,26,27)(H,23,24,25). The first-order valence-corrected chi connectivity index (χ1v) is 9.12. The number of rotatable bonds is 7. The molecule has 2 aromatic carbocycles. The number of carbonyl (C=O) groups is 1. The number of aryl methyl sites for hydroxylation is 2. The van der Waals surface area contributed by atoms with Gasteiger partial charge in [-0.05, 0) is 61.2 Å². The van der Waals surface area contributed by atoms with E-state index in [4.69, 9.17) is 4.74 Å². The van der Waals surface area contributed by atoms with Gasteiger partial charge in [0.15, 0.2) is 0 Å². The molecule has 0 atom stereocenters. The zero-order valence-corrected chi connectivity index (χ0v) is 16.3. The summed E-state index contributed by atoms with van der Waals surface area (Å²) in [5, 5.41) is 6.11. The van der Waals surface area contributed by atoms with Gasteiger partial charge < -0.3 is 15.4 Å². The highest BCUT2D eigenvalue weighted by Gasteiger charge is 2.10. The third-order valence-electron chi connectivity index (χ3n) is 4.54. The molecule has 0 saturated carbocycles. The molecule has 6 heteroatoms. The molecular weight excluding hydrogens is 352 g/mol. The van der Waals surface area contributed by atoms with Gasteiger partial charge in [0.25, 0.3) is 5.91 Å². The Morgan fingerprint density at radius 3 is 2.50 bits per heavy atom. The van der Waals surface area contributed by atoms with Crippen LogP contribution in [0.5, 0.6) is 5.75 Å². The summed E-state index contributed by atoms with van der Waals surface area (Å²) in [5.74, 6) is 1.20. The molecule has 0 bridgehead atoms. The average molecular weight is 376 g/mol. The zero-order valence-electron chi connectivity index (χ0n) is 16.3. The van der Waals surface area contributed by atoms with E-state index in [2.05, 4.69) is 20.6 Å². The average Bonchev–Trinajstić information content (AvgIpc) is 2.71. The van der Waals surface area contributed by atoms with Gasteiger partial charge in [0, 0.05) is 18.3 Å². The van der Waals surface area contributed by atoms with E-state index in [9.17, 15) is 4.79 Å². The Balaban J connectivity index is 1.58. The Bertz CT molecular complexity index is 955. The van der Waals surface area contributed by atoms with Gasteiger partial charge >= 0.3 is 0 Å². The first-order valence-electron chi connectivity index (χ1n) is 9.12. The van der Waals surface area contributed by atoms with Crippen molar-refractivity contribution in [1.82, 2.24) is 9.97 Å². The molecule has 3 aromatic rings. The number of carbonyl (C=O) groups excluding carboxylic acids is 1. The van der Waals surface area contributed by atoms with E-state index in [0.29, 0.717) is 18.1 Å². The fraction of sp³-hybridized carbons (Fsp3) is 0.227. The maximum absolute atomic E-state index is 12.5. The molecule has 0 radical (unpaired) electrons. The molecule has 0 fully saturated rings. The smallest absolute Gasteiger partial charge is 0.274 e. The van der Waals surface area contributed by atoms with E-state index in [1.165, 1.54) is 17.5 Å². The SMILES string of the molecule is COc1ccc(CCNc2cc(C(=O)Nc3ccc(C)c(C)c3)ncn2)cc1. The van der Waals surface area contributed by atoms with Crippen molar-refractivity contribution in [2.45, 2.75) is 20.3 Å². The Morgan fingerprint density at radius 1 is 1.00 bits per heavy atom. The summed E-state index contributed by atoms with van der Waals surface area (Å²) in [6.45, 7) is 4.75. The predicted octanol–water partition coefficient (Wildman–Crippen LogP) is 4.01. The Labute approximate surface area is 165 Å². The van der Waals surface area contributed by atoms with Crippen LogP contribution in [0.4, 0.5) is 11.5 Å². The van der Waals surface area contributed by atoms with E-state index in [-0.39, 0.29) is 5.91 Å². The minimum absolute atomic E-state index is 0.260. The molecule has 0 aliphatic carbocycles. The molecule has 3 rings (SSSR count). The van der Waals surface area contributed by atoms with Crippen LogP contribution in [0.25, 0.3) is 0 Å². The molecule has 0 aliphatic heterocycles. The number of benzene rings is 2. The monoisotopic (exact) mass is 376 g/mol. The van der Waals surface area contributed by atoms with Crippen LogP contribution in [0.3, 0.4) is 0 Å². The third-order valence-corrected chi connectivity index (χ3v) is 4.54. The third kappa shape index (κ3) is 5.07. The fourth-order valence-corrected chi connectivity index (χ4v) is 2.72. The number of aromatic nitrogens is 2. The second-order valence-electron chi connectivity index (χ2n) is 6.57. The second-order valence-corrected chi connectivity index (χ2v) is 6.57. The van der Waals surface area contributed by atoms with Crippen LogP contribution >= 0.6 is 0 Å². The largest absolute Gasteiger partial charge is 0.497 e. The maximum atomic E-state index is 12.5. The summed E-state index contributed by atoms with van der Waals surface area (Å²) in [6, 6.07) is 15.4. The number of nitrogens with zero attached hydrogens (tertiary/aromatic N) is 2. The number of methoxy groups -OCH3 is 1. The van der Waals surface area contributed by atoms with E-state index in [0.717, 1.165) is 23.4 Å². The van der Waals surface area contributed by atoms with Crippen molar-refractivity contribution < 1.29 is 9.53 Å². The summed E-state index contributed by atoms with van der Waals surface area (Å²) in [7, 11) is 1.65. The molecule has 0 saturated heterocycles. The van der Waals surface area contributed by atoms with Gasteiger partial charge in [-0.1, -0.05) is 18.2 Å². The molecule has 1 amide bonds. The summed E-state index contributed by atoms with van der Waals surface area (Å²) >= 11 is 0. The Hall–Kier alpha value is -3.41. The highest BCUT2D eigenvalue weighted by Crippen LogP contribution is 2.16. The molecule has 0 aliphatic rings. The topological polar surface area (TPSA) is 76.1 Å². The summed E-state index contributed by atoms with van der Waals surface area (Å²) in [5.41, 5.74) is 4.57. The van der Waals surface area contributed by atoms with E-state index >= 15 is 0 Å². The molecule has 1 aromatic heterocycles. The lowest BCUT2D eigenvalue weighted by Gasteiger charge is -2.09. The van der Waals surface area contributed by atoms with E-state index in [1.807, 2.05) is 56.3 Å². The first kappa shape index (κ1) is 19.4. The van der Waals surface area contributed by atoms with Crippen LogP contribution in [0, 0.1) is 13.8 Å². The van der Waals surface area contributed by atoms with Crippen molar-refractivity contribution >= 4 is 17.4 Å². The predicted molar refractivity (Wildman–Crippen MR) is 111 cm³/mol. The fourth-order valence-electron chi connectivity index (χ4n) is 2.72. The minimum Gasteiger partial charge on any atom is -0.497 e. The van der Waals surface area contributed by atoms with Crippen molar-refractivity contribution in [3.8, 4) is 5.75 Å². The molecular formula is C22H24N4O2. The van der Waals surface area contributed by atoms with Gasteiger partial charge in [-0.25, -0.2) is 9.97 Å². The molecule has 0 spiro atoms. The van der Waals surface area contributed by atoms with Crippen LogP contribution in [-0.4, -0.2) is 29.5 Å². The van der Waals surface area contributed by atoms with Crippen LogP contribution in [0.15, 0.2) is 54.9 Å². The van der Waals surface area contributed by atoms with E-state index in [1.54, 1.807) is 13.2 Å². The Morgan fingerprint density at radius 2 is 1.79 bits per heavy atom. The van der Waals surface area contributed by atoms with Crippen molar-refractivity contribution in [3.63, 3.8) is 0 Å². The van der Waals surface area contributed by atoms with Crippen LogP contribution in [0.2, 0.25) is 0 Å². The number of nitrogens with one attached hydrogen (secondary N) is 2. The summed E-state index contributed by atoms with van der Waals surface area (Å²) in [6.07, 6.45) is 2.23. The number of ether oxygens (including phenoxy) is 1. The number of hydrogen-bond acceptors (Lipinski definition) is 5. The molecule has 0 unspecified atom stereocenters. The van der Waals surface area contributed by atoms with Gasteiger partial charge in [-0.15, -0.1) is 0 Å². The Kier molecular flexibility index (Phi) is 6.22. The van der Waals surface area contributed by atoms with E-state index < -0.39 is 0 Å². The van der Waals surface area contributed by atoms with Crippen molar-refractivity contribution in [2.75, 3.05) is 24.3 Å². The minimum atomic E-state index is -0.260. The maximum Gasteiger partial charge on any atom is 0.274 e. The van der Waals surface area contributed by atoms with Crippen LogP contribution < -0.4 is 15.4 Å². The lowest BCUT2D eigenvalue weighted by atomic mass is 10.1. The molecule has 6 nitrogen and oxygen atoms in total. The number of amides is 1.